The van der Waals surface area contributed by atoms with E-state index in [1.165, 1.54) is 4.31 Å². The zero-order valence-electron chi connectivity index (χ0n) is 13.9. The lowest BCUT2D eigenvalue weighted by atomic mass is 10.1. The summed E-state index contributed by atoms with van der Waals surface area (Å²) in [4.78, 5) is 0. The maximum atomic E-state index is 11.9. The summed E-state index contributed by atoms with van der Waals surface area (Å²) in [5.74, 6) is 0.0698. The predicted molar refractivity (Wildman–Crippen MR) is 93.1 cm³/mol. The van der Waals surface area contributed by atoms with Gasteiger partial charge in [0.1, 0.15) is 0 Å². The largest absolute Gasteiger partial charge is 0.214 e. The molecule has 8 heteroatoms. The van der Waals surface area contributed by atoms with E-state index in [0.717, 1.165) is 23.8 Å². The van der Waals surface area contributed by atoms with Gasteiger partial charge in [-0.1, -0.05) is 43.2 Å². The smallest absolute Gasteiger partial charge is 0.211 e. The zero-order valence-corrected chi connectivity index (χ0v) is 15.6. The lowest BCUT2D eigenvalue weighted by Gasteiger charge is -2.20. The summed E-state index contributed by atoms with van der Waals surface area (Å²) in [5, 5.41) is 0. The van der Waals surface area contributed by atoms with Crippen LogP contribution in [0.5, 0.6) is 0 Å². The number of hydrogen-bond donors (Lipinski definition) is 1. The van der Waals surface area contributed by atoms with Crippen LogP contribution in [-0.4, -0.2) is 46.2 Å². The molecule has 0 fully saturated rings. The molecule has 0 unspecified atom stereocenters. The molecule has 23 heavy (non-hydrogen) atoms. The van der Waals surface area contributed by atoms with Crippen molar-refractivity contribution in [2.24, 2.45) is 0 Å². The highest BCUT2D eigenvalue weighted by atomic mass is 32.2. The van der Waals surface area contributed by atoms with E-state index in [0.29, 0.717) is 6.42 Å². The molecule has 0 spiro atoms. The first kappa shape index (κ1) is 20.1. The van der Waals surface area contributed by atoms with Gasteiger partial charge in [0.2, 0.25) is 20.0 Å². The number of hydrogen-bond acceptors (Lipinski definition) is 4. The van der Waals surface area contributed by atoms with Crippen molar-refractivity contribution in [3.8, 4) is 0 Å². The van der Waals surface area contributed by atoms with E-state index in [2.05, 4.69) is 4.72 Å². The fraction of sp³-hybridized carbons (Fsp3) is 0.600. The molecular weight excluding hydrogens is 336 g/mol. The molecule has 6 nitrogen and oxygen atoms in total. The highest BCUT2D eigenvalue weighted by Crippen LogP contribution is 2.09. The molecule has 0 radical (unpaired) electrons. The Labute approximate surface area is 140 Å². The summed E-state index contributed by atoms with van der Waals surface area (Å²) in [5.41, 5.74) is 1.97. The van der Waals surface area contributed by atoms with Crippen LogP contribution in [0.4, 0.5) is 0 Å². The predicted octanol–water partition coefficient (Wildman–Crippen LogP) is 1.48. The first-order valence-corrected chi connectivity index (χ1v) is 11.1. The van der Waals surface area contributed by atoms with Crippen LogP contribution in [0, 0.1) is 6.92 Å². The lowest BCUT2D eigenvalue weighted by Crippen LogP contribution is -2.38. The Kier molecular flexibility index (Phi) is 7.66. The van der Waals surface area contributed by atoms with Crippen molar-refractivity contribution in [1.82, 2.24) is 9.03 Å². The number of sulfonamides is 2. The topological polar surface area (TPSA) is 83.6 Å². The Morgan fingerprint density at radius 3 is 2.22 bits per heavy atom. The van der Waals surface area contributed by atoms with Gasteiger partial charge >= 0.3 is 0 Å². The maximum absolute atomic E-state index is 11.9. The summed E-state index contributed by atoms with van der Waals surface area (Å²) in [6.07, 6.45) is 2.52. The molecule has 1 aromatic carbocycles. The van der Waals surface area contributed by atoms with Gasteiger partial charge in [0.05, 0.1) is 12.0 Å². The third-order valence-electron chi connectivity index (χ3n) is 3.40. The van der Waals surface area contributed by atoms with E-state index < -0.39 is 20.0 Å². The van der Waals surface area contributed by atoms with Gasteiger partial charge in [-0.3, -0.25) is 0 Å². The van der Waals surface area contributed by atoms with Gasteiger partial charge in [-0.25, -0.2) is 21.6 Å². The molecule has 0 aliphatic rings. The highest BCUT2D eigenvalue weighted by molar-refractivity contribution is 7.89. The summed E-state index contributed by atoms with van der Waals surface area (Å²) in [7, 11) is -6.74. The van der Waals surface area contributed by atoms with Crippen molar-refractivity contribution < 1.29 is 16.8 Å². The van der Waals surface area contributed by atoms with Gasteiger partial charge in [0.25, 0.3) is 0 Å². The fourth-order valence-electron chi connectivity index (χ4n) is 1.99. The molecule has 0 saturated carbocycles. The van der Waals surface area contributed by atoms with Crippen molar-refractivity contribution in [2.75, 3.05) is 25.1 Å². The van der Waals surface area contributed by atoms with E-state index in [4.69, 9.17) is 0 Å². The average molecular weight is 363 g/mol. The number of nitrogens with zero attached hydrogens (tertiary/aromatic N) is 1. The Hall–Kier alpha value is -0.960. The first-order chi connectivity index (χ1) is 10.6. The molecule has 0 aromatic heterocycles. The molecule has 132 valence electrons. The van der Waals surface area contributed by atoms with Gasteiger partial charge in [0.15, 0.2) is 0 Å². The van der Waals surface area contributed by atoms with Crippen molar-refractivity contribution in [1.29, 1.82) is 0 Å². The Morgan fingerprint density at radius 2 is 1.70 bits per heavy atom. The minimum atomic E-state index is -3.41. The third kappa shape index (κ3) is 7.92. The second-order valence-corrected chi connectivity index (χ2v) is 9.56. The molecule has 0 heterocycles. The number of nitrogens with one attached hydrogen (secondary N) is 1. The minimum absolute atomic E-state index is 0.0698. The molecule has 0 aliphatic carbocycles. The van der Waals surface area contributed by atoms with E-state index in [1.54, 1.807) is 0 Å². The SMILES string of the molecule is CCCCS(=O)(=O)NCCN(Cc1ccc(C)cc1)S(C)(=O)=O. The van der Waals surface area contributed by atoms with Crippen molar-refractivity contribution >= 4 is 20.0 Å². The van der Waals surface area contributed by atoms with Crippen LogP contribution in [-0.2, 0) is 26.6 Å². The second kappa shape index (κ2) is 8.77. The molecule has 0 amide bonds. The van der Waals surface area contributed by atoms with Crippen molar-refractivity contribution in [3.05, 3.63) is 35.4 Å². The Morgan fingerprint density at radius 1 is 1.09 bits per heavy atom. The summed E-state index contributed by atoms with van der Waals surface area (Å²) in [6, 6.07) is 7.59. The van der Waals surface area contributed by atoms with Crippen LogP contribution in [0.1, 0.15) is 30.9 Å². The van der Waals surface area contributed by atoms with E-state index in [1.807, 2.05) is 38.1 Å². The molecule has 0 bridgehead atoms. The first-order valence-electron chi connectivity index (χ1n) is 7.62. The van der Waals surface area contributed by atoms with Gasteiger partial charge in [-0.15, -0.1) is 0 Å². The van der Waals surface area contributed by atoms with Crippen LogP contribution in [0.15, 0.2) is 24.3 Å². The number of unbranched alkanes of at least 4 members (excludes halogenated alkanes) is 1. The van der Waals surface area contributed by atoms with Gasteiger partial charge in [0, 0.05) is 19.6 Å². The standard InChI is InChI=1S/C15H26N2O4S2/c1-4-5-12-23(20,21)16-10-11-17(22(3,18)19)13-15-8-6-14(2)7-9-15/h6-9,16H,4-5,10-13H2,1-3H3. The van der Waals surface area contributed by atoms with Crippen LogP contribution in [0.25, 0.3) is 0 Å². The number of benzene rings is 1. The molecular formula is C15H26N2O4S2. The monoisotopic (exact) mass is 362 g/mol. The maximum Gasteiger partial charge on any atom is 0.211 e. The lowest BCUT2D eigenvalue weighted by molar-refractivity contribution is 0.412. The summed E-state index contributed by atoms with van der Waals surface area (Å²) >= 11 is 0. The van der Waals surface area contributed by atoms with Crippen LogP contribution in [0.3, 0.4) is 0 Å². The van der Waals surface area contributed by atoms with E-state index in [-0.39, 0.29) is 25.4 Å². The van der Waals surface area contributed by atoms with Gasteiger partial charge < -0.3 is 0 Å². The van der Waals surface area contributed by atoms with Crippen molar-refractivity contribution in [3.63, 3.8) is 0 Å². The molecule has 0 atom stereocenters. The number of aryl methyl sites for hydroxylation is 1. The highest BCUT2D eigenvalue weighted by Gasteiger charge is 2.18. The Balaban J connectivity index is 2.65. The zero-order chi connectivity index (χ0) is 17.5. The van der Waals surface area contributed by atoms with Gasteiger partial charge in [-0.05, 0) is 18.9 Å². The molecule has 1 aromatic rings. The van der Waals surface area contributed by atoms with Crippen LogP contribution < -0.4 is 4.72 Å². The minimum Gasteiger partial charge on any atom is -0.214 e. The second-order valence-electron chi connectivity index (χ2n) is 5.65. The quantitative estimate of drug-likeness (QED) is 0.683. The molecule has 1 N–H and O–H groups in total. The van der Waals surface area contributed by atoms with Crippen LogP contribution >= 0.6 is 0 Å². The summed E-state index contributed by atoms with van der Waals surface area (Å²) < 4.78 is 51.0. The van der Waals surface area contributed by atoms with E-state index >= 15 is 0 Å². The molecule has 1 rings (SSSR count). The van der Waals surface area contributed by atoms with E-state index in [9.17, 15) is 16.8 Å². The average Bonchev–Trinajstić information content (AvgIpc) is 2.45. The van der Waals surface area contributed by atoms with Gasteiger partial charge in [-0.2, -0.15) is 4.31 Å². The summed E-state index contributed by atoms with van der Waals surface area (Å²) in [6.45, 7) is 4.30. The third-order valence-corrected chi connectivity index (χ3v) is 6.12. The Bertz CT molecular complexity index is 683. The molecule has 0 aliphatic heterocycles. The normalized spacial score (nSPS) is 12.7. The van der Waals surface area contributed by atoms with Crippen molar-refractivity contribution in [2.45, 2.75) is 33.2 Å². The fourth-order valence-corrected chi connectivity index (χ4v) is 4.01. The van der Waals surface area contributed by atoms with Crippen LogP contribution in [0.2, 0.25) is 0 Å². The number of rotatable bonds is 10. The molecule has 0 saturated heterocycles.